The molecule has 0 aliphatic carbocycles. The van der Waals surface area contributed by atoms with E-state index in [0.29, 0.717) is 0 Å². The molecule has 0 aromatic carbocycles. The highest BCUT2D eigenvalue weighted by molar-refractivity contribution is 5.57. The minimum Gasteiger partial charge on any atom is -0.411 e. The molecule has 0 saturated heterocycles. The minimum absolute atomic E-state index is 0.833. The molecule has 0 heterocycles. The molecule has 3 heteroatoms. The summed E-state index contributed by atoms with van der Waals surface area (Å²) in [6.07, 6.45) is 1.58. The van der Waals surface area contributed by atoms with Gasteiger partial charge in [0.2, 0.25) is 0 Å². The first-order valence-corrected chi connectivity index (χ1v) is 4.25. The van der Waals surface area contributed by atoms with Gasteiger partial charge in [0, 0.05) is 0 Å². The van der Waals surface area contributed by atoms with Crippen molar-refractivity contribution in [2.45, 2.75) is 20.8 Å². The van der Waals surface area contributed by atoms with Gasteiger partial charge in [-0.2, -0.15) is 0 Å². The van der Waals surface area contributed by atoms with Crippen LogP contribution in [0.15, 0.2) is 5.16 Å². The van der Waals surface area contributed by atoms with Crippen molar-refractivity contribution in [1.29, 1.82) is 0 Å². The van der Waals surface area contributed by atoms with E-state index in [2.05, 4.69) is 25.9 Å². The highest BCUT2D eigenvalue weighted by Gasteiger charge is 2.18. The fraction of sp³-hybridized carbons (Fsp3) is 0.875. The largest absolute Gasteiger partial charge is 0.411 e. The number of hydrogen-bond donors (Lipinski definition) is 1. The lowest BCUT2D eigenvalue weighted by atomic mass is 10.3. The second kappa shape index (κ2) is 5.13. The molecule has 0 atom stereocenters. The molecular weight excluding hydrogens is 140 g/mol. The molecule has 0 amide bonds. The van der Waals surface area contributed by atoms with Crippen molar-refractivity contribution in [3.8, 4) is 0 Å². The lowest BCUT2D eigenvalue weighted by Crippen LogP contribution is -2.48. The quantitative estimate of drug-likeness (QED) is 0.279. The minimum atomic E-state index is 0.833. The Morgan fingerprint density at radius 2 is 1.64 bits per heavy atom. The van der Waals surface area contributed by atoms with Gasteiger partial charge in [-0.15, -0.1) is 0 Å². The number of rotatable bonds is 5. The van der Waals surface area contributed by atoms with E-state index >= 15 is 0 Å². The van der Waals surface area contributed by atoms with Crippen molar-refractivity contribution in [2.75, 3.05) is 26.2 Å². The lowest BCUT2D eigenvalue weighted by molar-refractivity contribution is -0.914. The number of quaternary nitrogens is 1. The predicted octanol–water partition coefficient (Wildman–Crippen LogP) is 1.32. The molecular formula is C8H19N2O+. The second-order valence-corrected chi connectivity index (χ2v) is 2.77. The predicted molar refractivity (Wildman–Crippen MR) is 47.0 cm³/mol. The van der Waals surface area contributed by atoms with Crippen LogP contribution in [-0.2, 0) is 0 Å². The molecule has 0 bridgehead atoms. The molecule has 0 aliphatic rings. The summed E-state index contributed by atoms with van der Waals surface area (Å²) in [5.41, 5.74) is 0. The van der Waals surface area contributed by atoms with E-state index in [4.69, 9.17) is 5.21 Å². The van der Waals surface area contributed by atoms with Gasteiger partial charge in [-0.25, -0.2) is 0 Å². The SMILES string of the molecule is CC[N+](CC)(CC)C/C=N/O. The normalized spacial score (nSPS) is 12.6. The Balaban J connectivity index is 4.04. The monoisotopic (exact) mass is 159 g/mol. The third-order valence-corrected chi connectivity index (χ3v) is 2.56. The van der Waals surface area contributed by atoms with Gasteiger partial charge in [-0.1, -0.05) is 5.16 Å². The maximum atomic E-state index is 8.28. The first-order valence-electron chi connectivity index (χ1n) is 4.25. The summed E-state index contributed by atoms with van der Waals surface area (Å²) in [4.78, 5) is 0. The summed E-state index contributed by atoms with van der Waals surface area (Å²) in [5, 5.41) is 11.3. The van der Waals surface area contributed by atoms with Gasteiger partial charge in [-0.05, 0) is 20.8 Å². The first-order chi connectivity index (χ1) is 5.24. The zero-order chi connectivity index (χ0) is 8.74. The molecule has 0 aromatic rings. The topological polar surface area (TPSA) is 32.6 Å². The van der Waals surface area contributed by atoms with E-state index in [9.17, 15) is 0 Å². The van der Waals surface area contributed by atoms with Crippen LogP contribution < -0.4 is 0 Å². The molecule has 0 aliphatic heterocycles. The van der Waals surface area contributed by atoms with Crippen molar-refractivity contribution in [3.05, 3.63) is 0 Å². The van der Waals surface area contributed by atoms with Crippen LogP contribution in [0, 0.1) is 0 Å². The Kier molecular flexibility index (Phi) is 4.86. The van der Waals surface area contributed by atoms with Crippen LogP contribution in [0.2, 0.25) is 0 Å². The van der Waals surface area contributed by atoms with E-state index in [-0.39, 0.29) is 0 Å². The second-order valence-electron chi connectivity index (χ2n) is 2.77. The molecule has 0 rings (SSSR count). The van der Waals surface area contributed by atoms with Gasteiger partial charge in [-0.3, -0.25) is 0 Å². The maximum Gasteiger partial charge on any atom is 0.118 e. The summed E-state index contributed by atoms with van der Waals surface area (Å²) >= 11 is 0. The fourth-order valence-electron chi connectivity index (χ4n) is 1.27. The lowest BCUT2D eigenvalue weighted by Gasteiger charge is -2.34. The van der Waals surface area contributed by atoms with Crippen LogP contribution in [-0.4, -0.2) is 42.1 Å². The van der Waals surface area contributed by atoms with Gasteiger partial charge in [0.05, 0.1) is 25.8 Å². The van der Waals surface area contributed by atoms with Crippen molar-refractivity contribution >= 4 is 6.21 Å². The molecule has 0 fully saturated rings. The van der Waals surface area contributed by atoms with Gasteiger partial charge in [0.15, 0.2) is 0 Å². The molecule has 0 saturated carbocycles. The fourth-order valence-corrected chi connectivity index (χ4v) is 1.27. The maximum absolute atomic E-state index is 8.28. The van der Waals surface area contributed by atoms with Crippen LogP contribution in [0.4, 0.5) is 0 Å². The summed E-state index contributed by atoms with van der Waals surface area (Å²) < 4.78 is 1.00. The van der Waals surface area contributed by atoms with Gasteiger partial charge in [0.25, 0.3) is 0 Å². The molecule has 11 heavy (non-hydrogen) atoms. The summed E-state index contributed by atoms with van der Waals surface area (Å²) in [6, 6.07) is 0. The van der Waals surface area contributed by atoms with E-state index < -0.39 is 0 Å². The third kappa shape index (κ3) is 2.89. The van der Waals surface area contributed by atoms with E-state index in [1.807, 2.05) is 0 Å². The van der Waals surface area contributed by atoms with Crippen LogP contribution in [0.25, 0.3) is 0 Å². The molecule has 0 spiro atoms. The Labute approximate surface area is 68.9 Å². The summed E-state index contributed by atoms with van der Waals surface area (Å²) in [5.74, 6) is 0. The first kappa shape index (κ1) is 10.4. The van der Waals surface area contributed by atoms with Crippen molar-refractivity contribution in [2.24, 2.45) is 5.16 Å². The van der Waals surface area contributed by atoms with E-state index in [1.165, 1.54) is 0 Å². The molecule has 3 nitrogen and oxygen atoms in total. The average Bonchev–Trinajstić information content (AvgIpc) is 2.08. The number of oxime groups is 1. The number of nitrogens with zero attached hydrogens (tertiary/aromatic N) is 2. The van der Waals surface area contributed by atoms with Gasteiger partial charge < -0.3 is 9.69 Å². The Morgan fingerprint density at radius 1 is 1.18 bits per heavy atom. The van der Waals surface area contributed by atoms with Crippen LogP contribution >= 0.6 is 0 Å². The number of hydrogen-bond acceptors (Lipinski definition) is 2. The molecule has 0 unspecified atom stereocenters. The van der Waals surface area contributed by atoms with Crippen molar-refractivity contribution in [3.63, 3.8) is 0 Å². The average molecular weight is 159 g/mol. The molecule has 66 valence electrons. The van der Waals surface area contributed by atoms with Gasteiger partial charge in [0.1, 0.15) is 6.54 Å². The summed E-state index contributed by atoms with van der Waals surface area (Å²) in [6.45, 7) is 10.6. The zero-order valence-corrected chi connectivity index (χ0v) is 7.75. The van der Waals surface area contributed by atoms with Crippen LogP contribution in [0.1, 0.15) is 20.8 Å². The zero-order valence-electron chi connectivity index (χ0n) is 7.75. The van der Waals surface area contributed by atoms with Crippen molar-refractivity contribution in [1.82, 2.24) is 0 Å². The highest BCUT2D eigenvalue weighted by Crippen LogP contribution is 2.03. The van der Waals surface area contributed by atoms with E-state index in [1.54, 1.807) is 6.21 Å². The van der Waals surface area contributed by atoms with Gasteiger partial charge >= 0.3 is 0 Å². The Hall–Kier alpha value is -0.570. The van der Waals surface area contributed by atoms with E-state index in [0.717, 1.165) is 30.7 Å². The standard InChI is InChI=1S/C8H18N2O/c1-4-10(5-2,6-3)8-7-9-11/h7H,4-6,8H2,1-3H3/p+1/b9-7+. The molecule has 0 aromatic heterocycles. The Morgan fingerprint density at radius 3 is 1.91 bits per heavy atom. The Bertz CT molecular complexity index is 111. The molecule has 1 N–H and O–H groups in total. The summed E-state index contributed by atoms with van der Waals surface area (Å²) in [7, 11) is 0. The van der Waals surface area contributed by atoms with Crippen LogP contribution in [0.3, 0.4) is 0 Å². The van der Waals surface area contributed by atoms with Crippen molar-refractivity contribution < 1.29 is 9.69 Å². The third-order valence-electron chi connectivity index (χ3n) is 2.56. The van der Waals surface area contributed by atoms with Crippen LogP contribution in [0.5, 0.6) is 0 Å². The highest BCUT2D eigenvalue weighted by atomic mass is 16.4. The smallest absolute Gasteiger partial charge is 0.118 e. The molecule has 0 radical (unpaired) electrons.